The number of imidazole rings is 1. The molecule has 0 radical (unpaired) electrons. The highest BCUT2D eigenvalue weighted by molar-refractivity contribution is 5.97. The molecular formula is C11H16N4O. The fraction of sp³-hybridized carbons (Fsp3) is 0.364. The molecule has 0 saturated heterocycles. The first-order chi connectivity index (χ1) is 7.61. The largest absolute Gasteiger partial charge is 0.359 e. The minimum absolute atomic E-state index is 0.0535. The predicted molar refractivity (Wildman–Crippen MR) is 65.7 cm³/mol. The molecule has 1 N–H and O–H groups in total. The van der Waals surface area contributed by atoms with E-state index in [-0.39, 0.29) is 5.78 Å². The van der Waals surface area contributed by atoms with Gasteiger partial charge in [-0.2, -0.15) is 4.98 Å². The molecule has 1 rings (SSSR count). The molecule has 1 aromatic rings. The zero-order chi connectivity index (χ0) is 12.1. The first-order valence-corrected chi connectivity index (χ1v) is 5.00. The number of rotatable bonds is 5. The molecule has 0 aliphatic rings. The lowest BCUT2D eigenvalue weighted by molar-refractivity contribution is 0.101. The van der Waals surface area contributed by atoms with Crippen molar-refractivity contribution in [2.45, 2.75) is 13.3 Å². The fourth-order valence-corrected chi connectivity index (χ4v) is 1.41. The number of hydrogen-bond acceptors (Lipinski definition) is 4. The van der Waals surface area contributed by atoms with Gasteiger partial charge in [0.05, 0.1) is 0 Å². The number of anilines is 1. The number of carbonyl (C=O) groups is 1. The van der Waals surface area contributed by atoms with Gasteiger partial charge in [-0.25, -0.2) is 4.99 Å². The van der Waals surface area contributed by atoms with Crippen LogP contribution in [-0.2, 0) is 7.05 Å². The quantitative estimate of drug-likeness (QED) is 0.468. The van der Waals surface area contributed by atoms with Gasteiger partial charge in [0.25, 0.3) is 0 Å². The molecule has 0 atom stereocenters. The second-order valence-corrected chi connectivity index (χ2v) is 3.31. The van der Waals surface area contributed by atoms with E-state index in [1.54, 1.807) is 31.0 Å². The van der Waals surface area contributed by atoms with Gasteiger partial charge in [-0.1, -0.05) is 6.08 Å². The normalized spacial score (nSPS) is 10.7. The van der Waals surface area contributed by atoms with Crippen LogP contribution in [0.3, 0.4) is 0 Å². The van der Waals surface area contributed by atoms with Crippen molar-refractivity contribution in [1.29, 1.82) is 0 Å². The third-order valence-corrected chi connectivity index (χ3v) is 2.12. The zero-order valence-electron chi connectivity index (χ0n) is 9.82. The summed E-state index contributed by atoms with van der Waals surface area (Å²) < 4.78 is 1.70. The summed E-state index contributed by atoms with van der Waals surface area (Å²) in [7, 11) is 3.53. The van der Waals surface area contributed by atoms with Gasteiger partial charge in [-0.3, -0.25) is 4.79 Å². The first-order valence-electron chi connectivity index (χ1n) is 5.00. The summed E-state index contributed by atoms with van der Waals surface area (Å²) in [5.74, 6) is 1.01. The van der Waals surface area contributed by atoms with Crippen molar-refractivity contribution in [2.75, 3.05) is 12.4 Å². The van der Waals surface area contributed by atoms with Crippen LogP contribution in [0.2, 0.25) is 0 Å². The van der Waals surface area contributed by atoms with Gasteiger partial charge in [0.1, 0.15) is 5.69 Å². The Hall–Kier alpha value is -1.91. The summed E-state index contributed by atoms with van der Waals surface area (Å²) in [6, 6.07) is 0. The molecule has 0 fully saturated rings. The Labute approximate surface area is 94.9 Å². The van der Waals surface area contributed by atoms with Crippen LogP contribution in [0.15, 0.2) is 17.6 Å². The van der Waals surface area contributed by atoms with Crippen molar-refractivity contribution in [3.8, 4) is 0 Å². The molecule has 5 heteroatoms. The third-order valence-electron chi connectivity index (χ3n) is 2.12. The second kappa shape index (κ2) is 5.25. The number of Topliss-reactive ketones (excluding diaryl/α,β-unsaturated/α-hetero) is 1. The molecular weight excluding hydrogens is 204 g/mol. The number of carbonyl (C=O) groups excluding carboxylic acids is 1. The summed E-state index contributed by atoms with van der Waals surface area (Å²) >= 11 is 0. The monoisotopic (exact) mass is 220 g/mol. The van der Waals surface area contributed by atoms with E-state index in [1.165, 1.54) is 6.92 Å². The van der Waals surface area contributed by atoms with Gasteiger partial charge in [-0.05, 0) is 0 Å². The molecule has 0 saturated carbocycles. The number of allylic oxidation sites excluding steroid dienone is 1. The maximum Gasteiger partial charge on any atom is 0.204 e. The number of hydrogen-bond donors (Lipinski definition) is 1. The van der Waals surface area contributed by atoms with Gasteiger partial charge in [0, 0.05) is 33.7 Å². The van der Waals surface area contributed by atoms with Crippen LogP contribution in [0.1, 0.15) is 23.8 Å². The third kappa shape index (κ3) is 2.36. The second-order valence-electron chi connectivity index (χ2n) is 3.31. The van der Waals surface area contributed by atoms with Crippen molar-refractivity contribution >= 4 is 23.8 Å². The Balaban J connectivity index is 3.16. The molecule has 0 aliphatic heterocycles. The van der Waals surface area contributed by atoms with E-state index < -0.39 is 0 Å². The smallest absolute Gasteiger partial charge is 0.204 e. The summed E-state index contributed by atoms with van der Waals surface area (Å²) in [5, 5.41) is 2.91. The Morgan fingerprint density at radius 3 is 2.88 bits per heavy atom. The molecule has 5 nitrogen and oxygen atoms in total. The Bertz CT molecular complexity index is 431. The van der Waals surface area contributed by atoms with E-state index >= 15 is 0 Å². The molecule has 0 bridgehead atoms. The SMILES string of the molecule is C=CC/C=N\c1nc(NC)n(C)c1C(C)=O. The topological polar surface area (TPSA) is 59.3 Å². The standard InChI is InChI=1S/C11H16N4O/c1-5-6-7-13-10-9(8(2)16)15(4)11(12-3)14-10/h5,7H,1,6H2,2-4H3,(H,12,14)/b13-7-. The highest BCUT2D eigenvalue weighted by atomic mass is 16.1. The summed E-state index contributed by atoms with van der Waals surface area (Å²) in [5.41, 5.74) is 0.504. The Kier molecular flexibility index (Phi) is 3.99. The maximum absolute atomic E-state index is 11.5. The molecule has 0 spiro atoms. The van der Waals surface area contributed by atoms with Gasteiger partial charge < -0.3 is 9.88 Å². The van der Waals surface area contributed by atoms with Crippen LogP contribution in [0, 0.1) is 0 Å². The van der Waals surface area contributed by atoms with Gasteiger partial charge in [0.2, 0.25) is 5.95 Å². The molecule has 0 unspecified atom stereocenters. The minimum Gasteiger partial charge on any atom is -0.359 e. The molecule has 1 aromatic heterocycles. The number of nitrogens with zero attached hydrogens (tertiary/aromatic N) is 3. The van der Waals surface area contributed by atoms with Crippen LogP contribution in [0.5, 0.6) is 0 Å². The highest BCUT2D eigenvalue weighted by Gasteiger charge is 2.16. The van der Waals surface area contributed by atoms with Gasteiger partial charge >= 0.3 is 0 Å². The lowest BCUT2D eigenvalue weighted by atomic mass is 10.3. The first kappa shape index (κ1) is 12.2. The van der Waals surface area contributed by atoms with Crippen LogP contribution in [0.4, 0.5) is 11.8 Å². The molecule has 0 aliphatic carbocycles. The van der Waals surface area contributed by atoms with E-state index in [0.29, 0.717) is 23.9 Å². The Morgan fingerprint density at radius 1 is 1.69 bits per heavy atom. The summed E-state index contributed by atoms with van der Waals surface area (Å²) in [4.78, 5) is 19.8. The predicted octanol–water partition coefficient (Wildman–Crippen LogP) is 1.94. The maximum atomic E-state index is 11.5. The van der Waals surface area contributed by atoms with Gasteiger partial charge in [-0.15, -0.1) is 6.58 Å². The van der Waals surface area contributed by atoms with Gasteiger partial charge in [0.15, 0.2) is 11.6 Å². The molecule has 1 heterocycles. The van der Waals surface area contributed by atoms with E-state index in [4.69, 9.17) is 0 Å². The Morgan fingerprint density at radius 2 is 2.38 bits per heavy atom. The lowest BCUT2D eigenvalue weighted by Crippen LogP contribution is -2.05. The van der Waals surface area contributed by atoms with Crippen LogP contribution in [-0.4, -0.2) is 28.6 Å². The van der Waals surface area contributed by atoms with Crippen molar-refractivity contribution in [2.24, 2.45) is 12.0 Å². The fourth-order valence-electron chi connectivity index (χ4n) is 1.41. The van der Waals surface area contributed by atoms with E-state index in [0.717, 1.165) is 0 Å². The summed E-state index contributed by atoms with van der Waals surface area (Å²) in [6.07, 6.45) is 4.07. The van der Waals surface area contributed by atoms with Crippen LogP contribution in [0.25, 0.3) is 0 Å². The number of aliphatic imine (C=N–C) groups is 1. The van der Waals surface area contributed by atoms with E-state index in [9.17, 15) is 4.79 Å². The minimum atomic E-state index is -0.0535. The summed E-state index contributed by atoms with van der Waals surface area (Å²) in [6.45, 7) is 5.10. The van der Waals surface area contributed by atoms with Crippen molar-refractivity contribution in [3.63, 3.8) is 0 Å². The van der Waals surface area contributed by atoms with E-state index in [2.05, 4.69) is 21.9 Å². The zero-order valence-corrected chi connectivity index (χ0v) is 9.82. The average molecular weight is 220 g/mol. The lowest BCUT2D eigenvalue weighted by Gasteiger charge is -2.01. The number of nitrogens with one attached hydrogen (secondary N) is 1. The average Bonchev–Trinajstić information content (AvgIpc) is 2.55. The molecule has 16 heavy (non-hydrogen) atoms. The van der Waals surface area contributed by atoms with Crippen LogP contribution < -0.4 is 5.32 Å². The van der Waals surface area contributed by atoms with E-state index in [1.807, 2.05) is 0 Å². The number of aromatic nitrogens is 2. The van der Waals surface area contributed by atoms with Crippen molar-refractivity contribution in [1.82, 2.24) is 9.55 Å². The number of ketones is 1. The highest BCUT2D eigenvalue weighted by Crippen LogP contribution is 2.22. The van der Waals surface area contributed by atoms with Crippen LogP contribution >= 0.6 is 0 Å². The molecule has 0 aromatic carbocycles. The molecule has 86 valence electrons. The van der Waals surface area contributed by atoms with Crippen molar-refractivity contribution in [3.05, 3.63) is 18.3 Å². The molecule has 0 amide bonds. The van der Waals surface area contributed by atoms with Crippen molar-refractivity contribution < 1.29 is 4.79 Å².